The number of cyclic esters (lactones) is 1. The molecule has 0 spiro atoms. The molecule has 1 aromatic heterocycles. The van der Waals surface area contributed by atoms with Gasteiger partial charge in [-0.1, -0.05) is 0 Å². The Morgan fingerprint density at radius 2 is 2.14 bits per heavy atom. The molecule has 1 amide bonds. The first-order valence-electron chi connectivity index (χ1n) is 6.82. The molecule has 0 bridgehead atoms. The number of carbonyl (C=O) groups is 1. The summed E-state index contributed by atoms with van der Waals surface area (Å²) in [5.74, 6) is 0.435. The van der Waals surface area contributed by atoms with Crippen LogP contribution < -0.4 is 4.90 Å². The topological polar surface area (TPSA) is 64.6 Å². The first-order valence-corrected chi connectivity index (χ1v) is 7.20. The SMILES string of the molecule is Cc1cc(N2C(=O)OCC2[C@@H](C)OC(C)(C)C)nc(Cl)n1. The number of carbonyl (C=O) groups excluding carboxylic acids is 1. The van der Waals surface area contributed by atoms with E-state index in [9.17, 15) is 4.79 Å². The van der Waals surface area contributed by atoms with E-state index in [-0.39, 0.29) is 29.6 Å². The number of halogens is 1. The van der Waals surface area contributed by atoms with E-state index >= 15 is 0 Å². The summed E-state index contributed by atoms with van der Waals surface area (Å²) < 4.78 is 11.1. The van der Waals surface area contributed by atoms with Gasteiger partial charge in [-0.15, -0.1) is 0 Å². The molecule has 6 nitrogen and oxygen atoms in total. The zero-order valence-corrected chi connectivity index (χ0v) is 13.6. The molecule has 2 heterocycles. The van der Waals surface area contributed by atoms with Crippen LogP contribution in [0.5, 0.6) is 0 Å². The minimum absolute atomic E-state index is 0.104. The Balaban J connectivity index is 2.28. The lowest BCUT2D eigenvalue weighted by atomic mass is 10.1. The molecule has 116 valence electrons. The van der Waals surface area contributed by atoms with Crippen molar-refractivity contribution in [2.24, 2.45) is 0 Å². The molecule has 0 saturated carbocycles. The maximum atomic E-state index is 12.0. The fourth-order valence-electron chi connectivity index (χ4n) is 2.32. The molecule has 1 saturated heterocycles. The average molecular weight is 314 g/mol. The highest BCUT2D eigenvalue weighted by molar-refractivity contribution is 6.28. The standard InChI is InChI=1S/C14H20ClN3O3/c1-8-6-11(17-12(15)16-8)18-10(7-20-13(18)19)9(2)21-14(3,4)5/h6,9-10H,7H2,1-5H3/t9-,10?/m1/s1. The van der Waals surface area contributed by atoms with Gasteiger partial charge in [0.25, 0.3) is 0 Å². The van der Waals surface area contributed by atoms with Crippen molar-refractivity contribution in [2.45, 2.75) is 52.4 Å². The summed E-state index contributed by atoms with van der Waals surface area (Å²) in [6, 6.07) is 1.46. The Hall–Kier alpha value is -1.40. The highest BCUT2D eigenvalue weighted by Crippen LogP contribution is 2.27. The number of hydrogen-bond acceptors (Lipinski definition) is 5. The van der Waals surface area contributed by atoms with Gasteiger partial charge in [-0.3, -0.25) is 4.90 Å². The number of aryl methyl sites for hydroxylation is 1. The van der Waals surface area contributed by atoms with Crippen LogP contribution in [0.4, 0.5) is 10.6 Å². The zero-order chi connectivity index (χ0) is 15.8. The first-order chi connectivity index (χ1) is 9.67. The summed E-state index contributed by atoms with van der Waals surface area (Å²) in [5, 5.41) is 0.104. The fraction of sp³-hybridized carbons (Fsp3) is 0.643. The molecular weight excluding hydrogens is 294 g/mol. The van der Waals surface area contributed by atoms with Gasteiger partial charge in [0.05, 0.1) is 11.7 Å². The Morgan fingerprint density at radius 3 is 2.71 bits per heavy atom. The summed E-state index contributed by atoms with van der Waals surface area (Å²) in [6.45, 7) is 9.88. The third-order valence-electron chi connectivity index (χ3n) is 3.05. The highest BCUT2D eigenvalue weighted by Gasteiger charge is 2.40. The number of amides is 1. The second kappa shape index (κ2) is 5.77. The lowest BCUT2D eigenvalue weighted by Crippen LogP contribution is -2.45. The number of nitrogens with zero attached hydrogens (tertiary/aromatic N) is 3. The predicted octanol–water partition coefficient (Wildman–Crippen LogP) is 2.97. The van der Waals surface area contributed by atoms with Crippen LogP contribution in [0.3, 0.4) is 0 Å². The van der Waals surface area contributed by atoms with Crippen molar-refractivity contribution < 1.29 is 14.3 Å². The molecule has 1 aromatic rings. The Morgan fingerprint density at radius 1 is 1.48 bits per heavy atom. The van der Waals surface area contributed by atoms with E-state index in [1.54, 1.807) is 13.0 Å². The van der Waals surface area contributed by atoms with Crippen LogP contribution in [0.15, 0.2) is 6.07 Å². The molecule has 7 heteroatoms. The van der Waals surface area contributed by atoms with Gasteiger partial charge in [0.15, 0.2) is 0 Å². The zero-order valence-electron chi connectivity index (χ0n) is 12.9. The van der Waals surface area contributed by atoms with E-state index in [0.717, 1.165) is 0 Å². The Labute approximate surface area is 129 Å². The van der Waals surface area contributed by atoms with E-state index in [0.29, 0.717) is 11.5 Å². The van der Waals surface area contributed by atoms with Crippen LogP contribution in [0.2, 0.25) is 5.28 Å². The van der Waals surface area contributed by atoms with E-state index in [1.807, 2.05) is 27.7 Å². The molecule has 1 fully saturated rings. The van der Waals surface area contributed by atoms with Gasteiger partial charge in [0.2, 0.25) is 5.28 Å². The molecule has 0 aliphatic carbocycles. The molecule has 1 aliphatic rings. The summed E-state index contributed by atoms with van der Waals surface area (Å²) in [4.78, 5) is 21.6. The van der Waals surface area contributed by atoms with Crippen molar-refractivity contribution in [1.82, 2.24) is 9.97 Å². The Bertz CT molecular complexity index is 525. The minimum Gasteiger partial charge on any atom is -0.447 e. The van der Waals surface area contributed by atoms with E-state index in [1.165, 1.54) is 4.90 Å². The summed E-state index contributed by atoms with van der Waals surface area (Å²) in [5.41, 5.74) is 0.378. The lowest BCUT2D eigenvalue weighted by Gasteiger charge is -2.31. The number of rotatable bonds is 3. The van der Waals surface area contributed by atoms with Crippen LogP contribution in [0.25, 0.3) is 0 Å². The molecule has 0 aromatic carbocycles. The first kappa shape index (κ1) is 16.0. The smallest absolute Gasteiger partial charge is 0.416 e. The Kier molecular flexibility index (Phi) is 4.39. The van der Waals surface area contributed by atoms with Crippen molar-refractivity contribution in [3.63, 3.8) is 0 Å². The van der Waals surface area contributed by atoms with Crippen molar-refractivity contribution in [2.75, 3.05) is 11.5 Å². The van der Waals surface area contributed by atoms with E-state index in [2.05, 4.69) is 9.97 Å². The second-order valence-electron chi connectivity index (χ2n) is 6.09. The summed E-state index contributed by atoms with van der Waals surface area (Å²) in [7, 11) is 0. The van der Waals surface area contributed by atoms with Crippen LogP contribution in [0, 0.1) is 6.92 Å². The van der Waals surface area contributed by atoms with Gasteiger partial charge < -0.3 is 9.47 Å². The van der Waals surface area contributed by atoms with Gasteiger partial charge in [0, 0.05) is 11.8 Å². The molecule has 1 unspecified atom stereocenters. The number of hydrogen-bond donors (Lipinski definition) is 0. The lowest BCUT2D eigenvalue weighted by molar-refractivity contribution is -0.0618. The molecule has 2 atom stereocenters. The minimum atomic E-state index is -0.446. The molecule has 2 rings (SSSR count). The molecule has 0 N–H and O–H groups in total. The van der Waals surface area contributed by atoms with Crippen molar-refractivity contribution in [3.05, 3.63) is 17.0 Å². The molecule has 0 radical (unpaired) electrons. The maximum absolute atomic E-state index is 12.0. The van der Waals surface area contributed by atoms with Gasteiger partial charge in [-0.25, -0.2) is 14.8 Å². The second-order valence-corrected chi connectivity index (χ2v) is 6.42. The largest absolute Gasteiger partial charge is 0.447 e. The number of anilines is 1. The van der Waals surface area contributed by atoms with Gasteiger partial charge in [-0.2, -0.15) is 0 Å². The van der Waals surface area contributed by atoms with Gasteiger partial charge in [0.1, 0.15) is 18.5 Å². The van der Waals surface area contributed by atoms with Crippen LogP contribution in [0.1, 0.15) is 33.4 Å². The van der Waals surface area contributed by atoms with Gasteiger partial charge >= 0.3 is 6.09 Å². The average Bonchev–Trinajstić information content (AvgIpc) is 2.67. The van der Waals surface area contributed by atoms with E-state index < -0.39 is 6.09 Å². The normalized spacial score (nSPS) is 20.6. The van der Waals surface area contributed by atoms with E-state index in [4.69, 9.17) is 21.1 Å². The highest BCUT2D eigenvalue weighted by atomic mass is 35.5. The number of ether oxygens (including phenoxy) is 2. The molecule has 21 heavy (non-hydrogen) atoms. The predicted molar refractivity (Wildman–Crippen MR) is 79.7 cm³/mol. The van der Waals surface area contributed by atoms with Crippen molar-refractivity contribution in [1.29, 1.82) is 0 Å². The monoisotopic (exact) mass is 313 g/mol. The van der Waals surface area contributed by atoms with Crippen LogP contribution in [-0.2, 0) is 9.47 Å². The third-order valence-corrected chi connectivity index (χ3v) is 3.22. The third kappa shape index (κ3) is 3.83. The molecular formula is C14H20ClN3O3. The summed E-state index contributed by atoms with van der Waals surface area (Å²) in [6.07, 6.45) is -0.649. The van der Waals surface area contributed by atoms with Crippen molar-refractivity contribution >= 4 is 23.5 Å². The molecule has 1 aliphatic heterocycles. The quantitative estimate of drug-likeness (QED) is 0.803. The summed E-state index contributed by atoms with van der Waals surface area (Å²) >= 11 is 5.88. The maximum Gasteiger partial charge on any atom is 0.416 e. The van der Waals surface area contributed by atoms with Gasteiger partial charge in [-0.05, 0) is 46.2 Å². The van der Waals surface area contributed by atoms with Crippen LogP contribution >= 0.6 is 11.6 Å². The van der Waals surface area contributed by atoms with Crippen molar-refractivity contribution in [3.8, 4) is 0 Å². The van der Waals surface area contributed by atoms with Crippen LogP contribution in [-0.4, -0.2) is 40.4 Å². The fourth-order valence-corrected chi connectivity index (χ4v) is 2.54. The number of aromatic nitrogens is 2.